The van der Waals surface area contributed by atoms with Crippen molar-refractivity contribution in [1.29, 1.82) is 0 Å². The molecular weight excluding hydrogens is 296 g/mol. The van der Waals surface area contributed by atoms with Crippen LogP contribution in [0.1, 0.15) is 22.4 Å². The van der Waals surface area contributed by atoms with E-state index in [4.69, 9.17) is 5.10 Å². The zero-order chi connectivity index (χ0) is 16.5. The fraction of sp³-hybridized carbons (Fsp3) is 0.300. The summed E-state index contributed by atoms with van der Waals surface area (Å²) in [4.78, 5) is 6.98. The first kappa shape index (κ1) is 15.1. The zero-order valence-corrected chi connectivity index (χ0v) is 14.2. The molecule has 0 aliphatic carbocycles. The van der Waals surface area contributed by atoms with Gasteiger partial charge in [-0.15, -0.1) is 0 Å². The highest BCUT2D eigenvalue weighted by atomic mass is 15.3. The molecule has 24 heavy (non-hydrogen) atoms. The molecule has 1 aliphatic heterocycles. The molecule has 0 amide bonds. The number of benzene rings is 1. The standard InChI is InChI=1S/C20H22N4/c1-15-5-7-17(8-6-15)13-23-10-11-24-18(14-23)12-19(22-24)20-16(2)4-3-9-21-20/h3-9,12H,10-11,13-14H2,1-2H3. The number of hydrogen-bond donors (Lipinski definition) is 0. The van der Waals surface area contributed by atoms with E-state index in [2.05, 4.69) is 64.8 Å². The Morgan fingerprint density at radius 2 is 1.88 bits per heavy atom. The van der Waals surface area contributed by atoms with Gasteiger partial charge in [-0.3, -0.25) is 14.6 Å². The van der Waals surface area contributed by atoms with Gasteiger partial charge in [-0.05, 0) is 37.1 Å². The molecule has 0 radical (unpaired) electrons. The summed E-state index contributed by atoms with van der Waals surface area (Å²) in [6, 6.07) is 15.1. The van der Waals surface area contributed by atoms with E-state index in [0.717, 1.165) is 37.6 Å². The topological polar surface area (TPSA) is 34.0 Å². The van der Waals surface area contributed by atoms with Crippen LogP contribution in [0.4, 0.5) is 0 Å². The van der Waals surface area contributed by atoms with Crippen LogP contribution in [0.5, 0.6) is 0 Å². The Bertz CT molecular complexity index is 848. The summed E-state index contributed by atoms with van der Waals surface area (Å²) in [6.45, 7) is 8.11. The van der Waals surface area contributed by atoms with E-state index in [1.165, 1.54) is 22.4 Å². The normalized spacial score (nSPS) is 14.6. The average Bonchev–Trinajstić information content (AvgIpc) is 3.00. The fourth-order valence-corrected chi connectivity index (χ4v) is 3.28. The summed E-state index contributed by atoms with van der Waals surface area (Å²) in [7, 11) is 0. The van der Waals surface area contributed by atoms with Crippen LogP contribution in [0, 0.1) is 13.8 Å². The van der Waals surface area contributed by atoms with Crippen molar-refractivity contribution >= 4 is 0 Å². The predicted molar refractivity (Wildman–Crippen MR) is 95.5 cm³/mol. The van der Waals surface area contributed by atoms with Gasteiger partial charge in [0.2, 0.25) is 0 Å². The lowest BCUT2D eigenvalue weighted by molar-refractivity contribution is 0.205. The first-order chi connectivity index (χ1) is 11.7. The number of fused-ring (bicyclic) bond motifs is 1. The summed E-state index contributed by atoms with van der Waals surface area (Å²) in [6.07, 6.45) is 1.84. The minimum absolute atomic E-state index is 0.937. The quantitative estimate of drug-likeness (QED) is 0.740. The molecule has 0 bridgehead atoms. The molecule has 0 saturated heterocycles. The third kappa shape index (κ3) is 2.97. The zero-order valence-electron chi connectivity index (χ0n) is 14.2. The Morgan fingerprint density at radius 1 is 1.04 bits per heavy atom. The van der Waals surface area contributed by atoms with Crippen molar-refractivity contribution in [2.45, 2.75) is 33.5 Å². The lowest BCUT2D eigenvalue weighted by Gasteiger charge is -2.27. The number of pyridine rings is 1. The highest BCUT2D eigenvalue weighted by molar-refractivity contribution is 5.58. The molecule has 0 spiro atoms. The maximum absolute atomic E-state index is 4.76. The van der Waals surface area contributed by atoms with Crippen molar-refractivity contribution in [3.05, 3.63) is 71.0 Å². The van der Waals surface area contributed by atoms with Gasteiger partial charge in [-0.25, -0.2) is 0 Å². The van der Waals surface area contributed by atoms with Gasteiger partial charge in [0.15, 0.2) is 0 Å². The smallest absolute Gasteiger partial charge is 0.111 e. The van der Waals surface area contributed by atoms with Gasteiger partial charge in [0.25, 0.3) is 0 Å². The van der Waals surface area contributed by atoms with Crippen LogP contribution in [0.3, 0.4) is 0 Å². The van der Waals surface area contributed by atoms with E-state index < -0.39 is 0 Å². The Balaban J connectivity index is 1.53. The Labute approximate surface area is 142 Å². The first-order valence-electron chi connectivity index (χ1n) is 8.46. The maximum atomic E-state index is 4.76. The van der Waals surface area contributed by atoms with Crippen LogP contribution in [0.25, 0.3) is 11.4 Å². The van der Waals surface area contributed by atoms with Crippen LogP contribution in [-0.2, 0) is 19.6 Å². The predicted octanol–water partition coefficient (Wildman–Crippen LogP) is 3.58. The van der Waals surface area contributed by atoms with Crippen LogP contribution in [-0.4, -0.2) is 26.2 Å². The summed E-state index contributed by atoms with van der Waals surface area (Å²) >= 11 is 0. The second-order valence-electron chi connectivity index (χ2n) is 6.61. The van der Waals surface area contributed by atoms with Gasteiger partial charge in [-0.1, -0.05) is 35.9 Å². The lowest BCUT2D eigenvalue weighted by Crippen LogP contribution is -2.33. The molecule has 0 atom stereocenters. The third-order valence-corrected chi connectivity index (χ3v) is 4.66. The number of aromatic nitrogens is 3. The molecule has 4 heteroatoms. The largest absolute Gasteiger partial charge is 0.291 e. The van der Waals surface area contributed by atoms with E-state index in [0.29, 0.717) is 0 Å². The molecule has 3 heterocycles. The molecule has 4 nitrogen and oxygen atoms in total. The Morgan fingerprint density at radius 3 is 2.67 bits per heavy atom. The van der Waals surface area contributed by atoms with Crippen molar-refractivity contribution < 1.29 is 0 Å². The van der Waals surface area contributed by atoms with Crippen molar-refractivity contribution in [2.24, 2.45) is 0 Å². The van der Waals surface area contributed by atoms with Crippen LogP contribution >= 0.6 is 0 Å². The molecule has 0 N–H and O–H groups in total. The molecule has 0 fully saturated rings. The van der Waals surface area contributed by atoms with Gasteiger partial charge >= 0.3 is 0 Å². The summed E-state index contributed by atoms with van der Waals surface area (Å²) in [5.74, 6) is 0. The molecule has 2 aromatic heterocycles. The van der Waals surface area contributed by atoms with Crippen molar-refractivity contribution in [3.8, 4) is 11.4 Å². The van der Waals surface area contributed by atoms with Gasteiger partial charge in [0.1, 0.15) is 5.69 Å². The van der Waals surface area contributed by atoms with Crippen molar-refractivity contribution in [1.82, 2.24) is 19.7 Å². The third-order valence-electron chi connectivity index (χ3n) is 4.66. The molecule has 0 unspecified atom stereocenters. The minimum atomic E-state index is 0.937. The van der Waals surface area contributed by atoms with Crippen LogP contribution < -0.4 is 0 Å². The number of aryl methyl sites for hydroxylation is 2. The molecule has 1 aliphatic rings. The average molecular weight is 318 g/mol. The first-order valence-corrected chi connectivity index (χ1v) is 8.46. The van der Waals surface area contributed by atoms with E-state index in [1.807, 2.05) is 12.3 Å². The van der Waals surface area contributed by atoms with Crippen molar-refractivity contribution in [3.63, 3.8) is 0 Å². The molecule has 0 saturated carbocycles. The van der Waals surface area contributed by atoms with Crippen LogP contribution in [0.15, 0.2) is 48.7 Å². The molecular formula is C20H22N4. The van der Waals surface area contributed by atoms with Gasteiger partial charge in [0.05, 0.1) is 17.9 Å². The van der Waals surface area contributed by atoms with E-state index in [-0.39, 0.29) is 0 Å². The maximum Gasteiger partial charge on any atom is 0.111 e. The monoisotopic (exact) mass is 318 g/mol. The van der Waals surface area contributed by atoms with Gasteiger partial charge in [-0.2, -0.15) is 5.10 Å². The minimum Gasteiger partial charge on any atom is -0.291 e. The Kier molecular flexibility index (Phi) is 3.90. The van der Waals surface area contributed by atoms with E-state index >= 15 is 0 Å². The van der Waals surface area contributed by atoms with Gasteiger partial charge < -0.3 is 0 Å². The molecule has 3 aromatic rings. The summed E-state index contributed by atoms with van der Waals surface area (Å²) in [5.41, 5.74) is 7.10. The van der Waals surface area contributed by atoms with E-state index in [1.54, 1.807) is 0 Å². The van der Waals surface area contributed by atoms with Gasteiger partial charge in [0, 0.05) is 25.8 Å². The lowest BCUT2D eigenvalue weighted by atomic mass is 10.1. The number of rotatable bonds is 3. The second kappa shape index (κ2) is 6.21. The molecule has 4 rings (SSSR count). The van der Waals surface area contributed by atoms with Crippen molar-refractivity contribution in [2.75, 3.05) is 6.54 Å². The fourth-order valence-electron chi connectivity index (χ4n) is 3.28. The van der Waals surface area contributed by atoms with E-state index in [9.17, 15) is 0 Å². The molecule has 1 aromatic carbocycles. The highest BCUT2D eigenvalue weighted by Crippen LogP contribution is 2.23. The number of nitrogens with zero attached hydrogens (tertiary/aromatic N) is 4. The Hall–Kier alpha value is -2.46. The SMILES string of the molecule is Cc1ccc(CN2CCn3nc(-c4ncccc4C)cc3C2)cc1. The highest BCUT2D eigenvalue weighted by Gasteiger charge is 2.19. The number of hydrogen-bond acceptors (Lipinski definition) is 3. The summed E-state index contributed by atoms with van der Waals surface area (Å²) < 4.78 is 2.13. The molecule has 122 valence electrons. The van der Waals surface area contributed by atoms with Crippen LogP contribution in [0.2, 0.25) is 0 Å². The summed E-state index contributed by atoms with van der Waals surface area (Å²) in [5, 5.41) is 4.76. The second-order valence-corrected chi connectivity index (χ2v) is 6.61.